The number of benzene rings is 1. The summed E-state index contributed by atoms with van der Waals surface area (Å²) in [6.07, 6.45) is -0.186. The van der Waals surface area contributed by atoms with Gasteiger partial charge in [0.25, 0.3) is 0 Å². The molecule has 1 aliphatic carbocycles. The quantitative estimate of drug-likeness (QED) is 0.638. The fourth-order valence-corrected chi connectivity index (χ4v) is 3.65. The molecule has 1 aliphatic rings. The molecule has 0 saturated heterocycles. The number of aryl methyl sites for hydroxylation is 1. The summed E-state index contributed by atoms with van der Waals surface area (Å²) < 4.78 is 46.5. The largest absolute Gasteiger partial charge is 0.435 e. The van der Waals surface area contributed by atoms with Crippen LogP contribution in [0.15, 0.2) is 33.5 Å². The number of hydrogen-bond acceptors (Lipinski definition) is 4. The molecule has 0 unspecified atom stereocenters. The van der Waals surface area contributed by atoms with Crippen molar-refractivity contribution in [3.63, 3.8) is 0 Å². The van der Waals surface area contributed by atoms with E-state index in [-0.39, 0.29) is 17.6 Å². The van der Waals surface area contributed by atoms with Crippen LogP contribution in [0.1, 0.15) is 49.4 Å². The third kappa shape index (κ3) is 3.24. The first-order valence-electron chi connectivity index (χ1n) is 8.92. The Morgan fingerprint density at radius 2 is 1.93 bits per heavy atom. The van der Waals surface area contributed by atoms with Gasteiger partial charge in [0.2, 0.25) is 5.89 Å². The van der Waals surface area contributed by atoms with Crippen molar-refractivity contribution in [2.24, 2.45) is 0 Å². The van der Waals surface area contributed by atoms with Crippen molar-refractivity contribution in [3.05, 3.63) is 45.9 Å². The second kappa shape index (κ2) is 6.51. The molecule has 8 heteroatoms. The summed E-state index contributed by atoms with van der Waals surface area (Å²) in [5.74, 6) is -0.129. The first-order valence-corrected chi connectivity index (χ1v) is 8.92. The highest BCUT2D eigenvalue weighted by molar-refractivity contribution is 5.81. The van der Waals surface area contributed by atoms with Gasteiger partial charge in [-0.1, -0.05) is 31.4 Å². The van der Waals surface area contributed by atoms with Gasteiger partial charge < -0.3 is 4.42 Å². The van der Waals surface area contributed by atoms with E-state index in [9.17, 15) is 18.0 Å². The molecule has 0 bridgehead atoms. The fourth-order valence-electron chi connectivity index (χ4n) is 3.65. The van der Waals surface area contributed by atoms with Gasteiger partial charge in [-0.05, 0) is 31.4 Å². The number of aromatic nitrogens is 3. The summed E-state index contributed by atoms with van der Waals surface area (Å²) in [6, 6.07) is 5.85. The fraction of sp³-hybridized carbons (Fsp3) is 0.421. The molecule has 0 atom stereocenters. The minimum Gasteiger partial charge on any atom is -0.401 e. The van der Waals surface area contributed by atoms with Crippen molar-refractivity contribution in [1.29, 1.82) is 0 Å². The second-order valence-electron chi connectivity index (χ2n) is 6.93. The topological polar surface area (TPSA) is 60.9 Å². The van der Waals surface area contributed by atoms with Gasteiger partial charge in [-0.15, -0.1) is 0 Å². The van der Waals surface area contributed by atoms with Crippen LogP contribution < -0.4 is 5.63 Å². The molecular formula is C19H18F3N3O2. The average Bonchev–Trinajstić information content (AvgIpc) is 3.09. The van der Waals surface area contributed by atoms with Crippen LogP contribution in [-0.2, 0) is 6.18 Å². The highest BCUT2D eigenvalue weighted by Gasteiger charge is 2.37. The first-order chi connectivity index (χ1) is 12.8. The van der Waals surface area contributed by atoms with Crippen molar-refractivity contribution in [1.82, 2.24) is 14.8 Å². The molecule has 0 amide bonds. The van der Waals surface area contributed by atoms with Crippen molar-refractivity contribution in [2.75, 3.05) is 0 Å². The number of alkyl halides is 3. The van der Waals surface area contributed by atoms with E-state index in [0.29, 0.717) is 10.9 Å². The summed E-state index contributed by atoms with van der Waals surface area (Å²) in [5.41, 5.74) is -0.354. The number of nitrogens with zero attached hydrogens (tertiary/aromatic N) is 3. The van der Waals surface area contributed by atoms with E-state index >= 15 is 0 Å². The molecule has 2 heterocycles. The molecule has 27 heavy (non-hydrogen) atoms. The van der Waals surface area contributed by atoms with Gasteiger partial charge in [0.15, 0.2) is 5.69 Å². The highest BCUT2D eigenvalue weighted by Crippen LogP contribution is 2.36. The third-order valence-electron chi connectivity index (χ3n) is 5.03. The molecule has 0 aliphatic heterocycles. The summed E-state index contributed by atoms with van der Waals surface area (Å²) in [4.78, 5) is 16.7. The van der Waals surface area contributed by atoms with E-state index in [1.807, 2.05) is 0 Å². The zero-order valence-corrected chi connectivity index (χ0v) is 14.7. The second-order valence-corrected chi connectivity index (χ2v) is 6.93. The SMILES string of the molecule is Cc1cccc2c(=O)oc(-c3cc(C(F)(F)F)nn3C3CCCCC3)nc12. The van der Waals surface area contributed by atoms with Crippen LogP contribution in [0.2, 0.25) is 0 Å². The standard InChI is InChI=1S/C19H18F3N3O2/c1-11-6-5-9-13-16(11)23-17(27-18(13)26)14-10-15(19(20,21)22)24-25(14)12-7-3-2-4-8-12/h5-6,9-10,12H,2-4,7-8H2,1H3. The van der Waals surface area contributed by atoms with Gasteiger partial charge in [-0.25, -0.2) is 9.78 Å². The molecule has 1 fully saturated rings. The monoisotopic (exact) mass is 377 g/mol. The van der Waals surface area contributed by atoms with E-state index in [1.165, 1.54) is 4.68 Å². The van der Waals surface area contributed by atoms with Crippen LogP contribution in [0.25, 0.3) is 22.5 Å². The molecule has 0 radical (unpaired) electrons. The van der Waals surface area contributed by atoms with Crippen LogP contribution in [0.5, 0.6) is 0 Å². The molecule has 0 spiro atoms. The number of hydrogen-bond donors (Lipinski definition) is 0. The Morgan fingerprint density at radius 1 is 1.19 bits per heavy atom. The third-order valence-corrected chi connectivity index (χ3v) is 5.03. The van der Waals surface area contributed by atoms with Gasteiger partial charge in [0, 0.05) is 6.07 Å². The summed E-state index contributed by atoms with van der Waals surface area (Å²) >= 11 is 0. The lowest BCUT2D eigenvalue weighted by atomic mass is 9.95. The molecule has 3 aromatic rings. The Morgan fingerprint density at radius 3 is 2.63 bits per heavy atom. The summed E-state index contributed by atoms with van der Waals surface area (Å²) in [7, 11) is 0. The summed E-state index contributed by atoms with van der Waals surface area (Å²) in [5, 5.41) is 4.11. The van der Waals surface area contributed by atoms with Crippen LogP contribution in [0, 0.1) is 6.92 Å². The Hall–Kier alpha value is -2.64. The predicted octanol–water partition coefficient (Wildman–Crippen LogP) is 4.88. The Labute approximate surface area is 152 Å². The van der Waals surface area contributed by atoms with Crippen molar-refractivity contribution >= 4 is 10.9 Å². The molecule has 142 valence electrons. The molecule has 1 aromatic carbocycles. The Bertz CT molecular complexity index is 1050. The lowest BCUT2D eigenvalue weighted by molar-refractivity contribution is -0.141. The Balaban J connectivity index is 1.92. The molecule has 0 N–H and O–H groups in total. The Kier molecular flexibility index (Phi) is 4.28. The zero-order valence-electron chi connectivity index (χ0n) is 14.7. The lowest BCUT2D eigenvalue weighted by Crippen LogP contribution is -2.17. The maximum Gasteiger partial charge on any atom is 0.435 e. The minimum absolute atomic E-state index is 0.0940. The minimum atomic E-state index is -4.58. The van der Waals surface area contributed by atoms with Crippen LogP contribution in [-0.4, -0.2) is 14.8 Å². The smallest absolute Gasteiger partial charge is 0.401 e. The van der Waals surface area contributed by atoms with E-state index in [2.05, 4.69) is 10.1 Å². The van der Waals surface area contributed by atoms with E-state index < -0.39 is 17.5 Å². The van der Waals surface area contributed by atoms with E-state index in [1.54, 1.807) is 25.1 Å². The van der Waals surface area contributed by atoms with Gasteiger partial charge >= 0.3 is 11.8 Å². The highest BCUT2D eigenvalue weighted by atomic mass is 19.4. The number of para-hydroxylation sites is 1. The van der Waals surface area contributed by atoms with E-state index in [0.717, 1.165) is 43.7 Å². The van der Waals surface area contributed by atoms with Crippen molar-refractivity contribution in [3.8, 4) is 11.6 Å². The summed E-state index contributed by atoms with van der Waals surface area (Å²) in [6.45, 7) is 1.79. The normalized spacial score (nSPS) is 16.1. The van der Waals surface area contributed by atoms with E-state index in [4.69, 9.17) is 4.42 Å². The van der Waals surface area contributed by atoms with Crippen LogP contribution in [0.3, 0.4) is 0 Å². The number of fused-ring (bicyclic) bond motifs is 1. The predicted molar refractivity (Wildman–Crippen MR) is 93.4 cm³/mol. The van der Waals surface area contributed by atoms with Gasteiger partial charge in [0.05, 0.1) is 16.9 Å². The average molecular weight is 377 g/mol. The lowest BCUT2D eigenvalue weighted by Gasteiger charge is -2.23. The molecule has 1 saturated carbocycles. The van der Waals surface area contributed by atoms with Crippen LogP contribution in [0.4, 0.5) is 13.2 Å². The number of halogens is 3. The van der Waals surface area contributed by atoms with Crippen molar-refractivity contribution in [2.45, 2.75) is 51.2 Å². The van der Waals surface area contributed by atoms with Crippen molar-refractivity contribution < 1.29 is 17.6 Å². The van der Waals surface area contributed by atoms with Gasteiger partial charge in [-0.2, -0.15) is 18.3 Å². The number of rotatable bonds is 2. The molecule has 2 aromatic heterocycles. The molecule has 5 nitrogen and oxygen atoms in total. The zero-order chi connectivity index (χ0) is 19.2. The molecular weight excluding hydrogens is 359 g/mol. The molecule has 4 rings (SSSR count). The van der Waals surface area contributed by atoms with Gasteiger partial charge in [-0.3, -0.25) is 4.68 Å². The maximum atomic E-state index is 13.3. The first kappa shape index (κ1) is 17.8. The van der Waals surface area contributed by atoms with Crippen LogP contribution >= 0.6 is 0 Å². The van der Waals surface area contributed by atoms with Gasteiger partial charge in [0.1, 0.15) is 5.69 Å². The maximum absolute atomic E-state index is 13.3.